The molecule has 3 nitrogen and oxygen atoms in total. The number of benzene rings is 1. The normalized spacial score (nSPS) is 11.5. The summed E-state index contributed by atoms with van der Waals surface area (Å²) in [4.78, 5) is 3.67. The first-order valence-electron chi connectivity index (χ1n) is 4.54. The summed E-state index contributed by atoms with van der Waals surface area (Å²) in [5, 5.41) is 0. The number of rotatable bonds is 1. The zero-order valence-corrected chi connectivity index (χ0v) is 8.34. The first-order valence-corrected chi connectivity index (χ1v) is 4.54. The minimum atomic E-state index is -0.757. The fraction of sp³-hybridized carbons (Fsp3) is 0.300. The Morgan fingerprint density at radius 2 is 2.00 bits per heavy atom. The van der Waals surface area contributed by atoms with Gasteiger partial charge < -0.3 is 10.2 Å². The first kappa shape index (κ1) is 9.89. The number of nitrogens with zero attached hydrogens (tertiary/aromatic N) is 1. The van der Waals surface area contributed by atoms with Gasteiger partial charge in [0.1, 0.15) is 11.3 Å². The summed E-state index contributed by atoms with van der Waals surface area (Å²) in [7, 11) is 0. The van der Waals surface area contributed by atoms with Crippen LogP contribution in [0.5, 0.6) is 0 Å². The lowest BCUT2D eigenvalue weighted by Gasteiger charge is -2.06. The Bertz CT molecular complexity index is 520. The smallest absolute Gasteiger partial charge is 0.293 e. The van der Waals surface area contributed by atoms with Crippen LogP contribution < -0.4 is 5.73 Å². The molecule has 1 heterocycles. The van der Waals surface area contributed by atoms with Gasteiger partial charge in [-0.2, -0.15) is 4.98 Å². The van der Waals surface area contributed by atoms with Crippen LogP contribution in [0.3, 0.4) is 0 Å². The number of nitrogen functional groups attached to an aromatic ring is 1. The number of nitrogens with two attached hydrogens (primary N) is 1. The molecular formula is C10H10F2N2O. The zero-order valence-electron chi connectivity index (χ0n) is 8.34. The Balaban J connectivity index is 2.89. The van der Waals surface area contributed by atoms with Crippen molar-refractivity contribution >= 4 is 17.1 Å². The Kier molecular flexibility index (Phi) is 2.10. The van der Waals surface area contributed by atoms with E-state index in [1.807, 2.05) is 0 Å². The van der Waals surface area contributed by atoms with Crippen LogP contribution in [-0.2, 0) is 0 Å². The average Bonchev–Trinajstić information content (AvgIpc) is 2.45. The summed E-state index contributed by atoms with van der Waals surface area (Å²) >= 11 is 0. The first-order chi connectivity index (χ1) is 7.00. The van der Waals surface area contributed by atoms with Gasteiger partial charge in [-0.05, 0) is 5.92 Å². The van der Waals surface area contributed by atoms with E-state index >= 15 is 0 Å². The van der Waals surface area contributed by atoms with E-state index in [0.29, 0.717) is 5.56 Å². The molecule has 0 aliphatic heterocycles. The van der Waals surface area contributed by atoms with E-state index in [0.717, 1.165) is 6.07 Å². The number of oxazole rings is 1. The van der Waals surface area contributed by atoms with E-state index in [9.17, 15) is 8.78 Å². The number of hydrogen-bond acceptors (Lipinski definition) is 3. The Morgan fingerprint density at radius 3 is 2.60 bits per heavy atom. The molecule has 0 bridgehead atoms. The van der Waals surface area contributed by atoms with Gasteiger partial charge in [0, 0.05) is 11.6 Å². The average molecular weight is 212 g/mol. The van der Waals surface area contributed by atoms with Gasteiger partial charge in [-0.1, -0.05) is 13.8 Å². The molecule has 0 saturated carbocycles. The number of hydrogen-bond donors (Lipinski definition) is 1. The molecule has 0 fully saturated rings. The van der Waals surface area contributed by atoms with Crippen molar-refractivity contribution in [3.05, 3.63) is 23.3 Å². The van der Waals surface area contributed by atoms with Crippen molar-refractivity contribution in [3.63, 3.8) is 0 Å². The zero-order chi connectivity index (χ0) is 11.2. The van der Waals surface area contributed by atoms with E-state index in [1.165, 1.54) is 0 Å². The number of halogens is 2. The number of aromatic nitrogens is 1. The lowest BCUT2D eigenvalue weighted by molar-refractivity contribution is 0.558. The van der Waals surface area contributed by atoms with Crippen molar-refractivity contribution in [2.75, 3.05) is 5.73 Å². The SMILES string of the molecule is CC(C)c1c(F)cc(F)c2nc(N)oc12. The van der Waals surface area contributed by atoms with Crippen molar-refractivity contribution in [2.24, 2.45) is 0 Å². The third-order valence-electron chi connectivity index (χ3n) is 2.20. The quantitative estimate of drug-likeness (QED) is 0.790. The van der Waals surface area contributed by atoms with Crippen LogP contribution in [0.2, 0.25) is 0 Å². The van der Waals surface area contributed by atoms with Gasteiger partial charge in [-0.25, -0.2) is 8.78 Å². The predicted octanol–water partition coefficient (Wildman–Crippen LogP) is 2.81. The maximum absolute atomic E-state index is 13.5. The standard InChI is InChI=1S/C10H10F2N2O/c1-4(2)7-5(11)3-6(12)8-9(7)15-10(13)14-8/h3-4H,1-2H3,(H2,13,14). The molecule has 0 amide bonds. The molecule has 15 heavy (non-hydrogen) atoms. The second-order valence-corrected chi connectivity index (χ2v) is 3.64. The summed E-state index contributed by atoms with van der Waals surface area (Å²) in [6.45, 7) is 3.57. The maximum Gasteiger partial charge on any atom is 0.293 e. The fourth-order valence-corrected chi connectivity index (χ4v) is 1.58. The topological polar surface area (TPSA) is 52.0 Å². The van der Waals surface area contributed by atoms with E-state index in [2.05, 4.69) is 4.98 Å². The van der Waals surface area contributed by atoms with Gasteiger partial charge in [0.05, 0.1) is 0 Å². The van der Waals surface area contributed by atoms with Crippen LogP contribution in [0.25, 0.3) is 11.1 Å². The maximum atomic E-state index is 13.5. The second kappa shape index (κ2) is 3.18. The largest absolute Gasteiger partial charge is 0.423 e. The Morgan fingerprint density at radius 1 is 1.33 bits per heavy atom. The van der Waals surface area contributed by atoms with E-state index in [4.69, 9.17) is 10.2 Å². The van der Waals surface area contributed by atoms with Crippen LogP contribution >= 0.6 is 0 Å². The van der Waals surface area contributed by atoms with Gasteiger partial charge in [-0.3, -0.25) is 0 Å². The highest BCUT2D eigenvalue weighted by Gasteiger charge is 2.19. The van der Waals surface area contributed by atoms with Crippen LogP contribution in [0, 0.1) is 11.6 Å². The van der Waals surface area contributed by atoms with Crippen LogP contribution in [-0.4, -0.2) is 4.98 Å². The monoisotopic (exact) mass is 212 g/mol. The van der Waals surface area contributed by atoms with E-state index in [-0.39, 0.29) is 23.0 Å². The fourth-order valence-electron chi connectivity index (χ4n) is 1.58. The molecule has 2 rings (SSSR count). The molecule has 0 spiro atoms. The lowest BCUT2D eigenvalue weighted by atomic mass is 10.0. The molecule has 2 N–H and O–H groups in total. The molecule has 2 aromatic rings. The van der Waals surface area contributed by atoms with Gasteiger partial charge in [0.2, 0.25) is 0 Å². The summed E-state index contributed by atoms with van der Waals surface area (Å²) < 4.78 is 31.8. The van der Waals surface area contributed by atoms with Crippen molar-refractivity contribution < 1.29 is 13.2 Å². The van der Waals surface area contributed by atoms with Crippen molar-refractivity contribution in [3.8, 4) is 0 Å². The molecule has 0 radical (unpaired) electrons. The molecule has 0 saturated heterocycles. The highest BCUT2D eigenvalue weighted by Crippen LogP contribution is 2.31. The molecule has 80 valence electrons. The van der Waals surface area contributed by atoms with Crippen molar-refractivity contribution in [1.29, 1.82) is 0 Å². The molecule has 1 aromatic heterocycles. The third kappa shape index (κ3) is 1.44. The van der Waals surface area contributed by atoms with E-state index < -0.39 is 11.6 Å². The van der Waals surface area contributed by atoms with Gasteiger partial charge in [-0.15, -0.1) is 0 Å². The predicted molar refractivity (Wildman–Crippen MR) is 52.4 cm³/mol. The highest BCUT2D eigenvalue weighted by molar-refractivity contribution is 5.79. The molecule has 0 unspecified atom stereocenters. The molecule has 1 aromatic carbocycles. The Hall–Kier alpha value is -1.65. The van der Waals surface area contributed by atoms with Crippen LogP contribution in [0.4, 0.5) is 14.8 Å². The lowest BCUT2D eigenvalue weighted by Crippen LogP contribution is -1.95. The second-order valence-electron chi connectivity index (χ2n) is 3.64. The van der Waals surface area contributed by atoms with Crippen molar-refractivity contribution in [1.82, 2.24) is 4.98 Å². The van der Waals surface area contributed by atoms with E-state index in [1.54, 1.807) is 13.8 Å². The number of fused-ring (bicyclic) bond motifs is 1. The molecule has 5 heteroatoms. The summed E-state index contributed by atoms with van der Waals surface area (Å²) in [6, 6.07) is 0.649. The summed E-state index contributed by atoms with van der Waals surface area (Å²) in [6.07, 6.45) is 0. The van der Waals surface area contributed by atoms with Crippen molar-refractivity contribution in [2.45, 2.75) is 19.8 Å². The van der Waals surface area contributed by atoms with Crippen LogP contribution in [0.15, 0.2) is 10.5 Å². The molecule has 0 aliphatic carbocycles. The molecule has 0 atom stereocenters. The minimum absolute atomic E-state index is 0.0161. The number of anilines is 1. The highest BCUT2D eigenvalue weighted by atomic mass is 19.1. The summed E-state index contributed by atoms with van der Waals surface area (Å²) in [5.74, 6) is -1.51. The molecular weight excluding hydrogens is 202 g/mol. The molecule has 0 aliphatic rings. The summed E-state index contributed by atoms with van der Waals surface area (Å²) in [5.41, 5.74) is 5.69. The van der Waals surface area contributed by atoms with Gasteiger partial charge in [0.15, 0.2) is 11.4 Å². The minimum Gasteiger partial charge on any atom is -0.423 e. The van der Waals surface area contributed by atoms with Gasteiger partial charge in [0.25, 0.3) is 6.01 Å². The van der Waals surface area contributed by atoms with Crippen LogP contribution in [0.1, 0.15) is 25.3 Å². The van der Waals surface area contributed by atoms with Gasteiger partial charge >= 0.3 is 0 Å². The third-order valence-corrected chi connectivity index (χ3v) is 2.20. The Labute approximate surface area is 84.9 Å².